The number of sulfonamides is 1. The first-order chi connectivity index (χ1) is 9.81. The molecule has 0 saturated carbocycles. The molecule has 0 fully saturated rings. The van der Waals surface area contributed by atoms with Crippen molar-refractivity contribution in [1.82, 2.24) is 14.3 Å². The van der Waals surface area contributed by atoms with Crippen LogP contribution in [0, 0.1) is 6.92 Å². The van der Waals surface area contributed by atoms with E-state index in [1.807, 2.05) is 31.2 Å². The van der Waals surface area contributed by atoms with Crippen molar-refractivity contribution in [2.45, 2.75) is 18.2 Å². The number of nitrogens with zero attached hydrogens (tertiary/aromatic N) is 4. The Bertz CT molecular complexity index is 779. The number of hydrogen-bond donors (Lipinski definition) is 0. The summed E-state index contributed by atoms with van der Waals surface area (Å²) in [5, 5.41) is 0. The van der Waals surface area contributed by atoms with Crippen molar-refractivity contribution in [3.63, 3.8) is 0 Å². The first-order valence-corrected chi connectivity index (χ1v) is 8.41. The Balaban J connectivity index is 2.41. The van der Waals surface area contributed by atoms with Crippen LogP contribution >= 0.6 is 11.5 Å². The minimum atomic E-state index is -3.81. The summed E-state index contributed by atoms with van der Waals surface area (Å²) in [6.45, 7) is 3.56. The van der Waals surface area contributed by atoms with Gasteiger partial charge in [0.05, 0.1) is 0 Å². The van der Waals surface area contributed by atoms with Gasteiger partial charge in [-0.2, -0.15) is 12.8 Å². The largest absolute Gasteiger partial charge is 0.366 e. The number of benzene rings is 1. The van der Waals surface area contributed by atoms with Gasteiger partial charge in [0.15, 0.2) is 5.82 Å². The molecule has 0 N–H and O–H groups in total. The summed E-state index contributed by atoms with van der Waals surface area (Å²) >= 11 is 0.839. The summed E-state index contributed by atoms with van der Waals surface area (Å²) in [5.41, 5.74) is 1.82. The van der Waals surface area contributed by atoms with E-state index in [0.29, 0.717) is 11.7 Å². The molecule has 0 radical (unpaired) electrons. The van der Waals surface area contributed by atoms with Crippen LogP contribution in [0.3, 0.4) is 0 Å². The fourth-order valence-electron chi connectivity index (χ4n) is 1.54. The Kier molecular flexibility index (Phi) is 4.38. The SMILES string of the molecule is CC(=NS(=O)(=O)c1nc(-c2ccccc2C)ns1)N(C)C. The van der Waals surface area contributed by atoms with Crippen LogP contribution in [-0.2, 0) is 10.0 Å². The lowest BCUT2D eigenvalue weighted by Crippen LogP contribution is -2.19. The fraction of sp³-hybridized carbons (Fsp3) is 0.308. The van der Waals surface area contributed by atoms with Gasteiger partial charge in [-0.05, 0) is 19.4 Å². The molecule has 2 aromatic rings. The van der Waals surface area contributed by atoms with Crippen molar-refractivity contribution in [2.75, 3.05) is 14.1 Å². The Morgan fingerprint density at radius 1 is 1.29 bits per heavy atom. The van der Waals surface area contributed by atoms with Gasteiger partial charge in [-0.1, -0.05) is 24.3 Å². The minimum absolute atomic E-state index is 0.0954. The molecule has 0 amide bonds. The maximum atomic E-state index is 12.2. The quantitative estimate of drug-likeness (QED) is 0.639. The zero-order valence-corrected chi connectivity index (χ0v) is 13.9. The summed E-state index contributed by atoms with van der Waals surface area (Å²) in [5.74, 6) is 0.803. The highest BCUT2D eigenvalue weighted by molar-refractivity contribution is 7.92. The molecule has 6 nitrogen and oxygen atoms in total. The summed E-state index contributed by atoms with van der Waals surface area (Å²) in [6.07, 6.45) is 0. The predicted octanol–water partition coefficient (Wildman–Crippen LogP) is 2.18. The second-order valence-electron chi connectivity index (χ2n) is 4.71. The van der Waals surface area contributed by atoms with E-state index in [9.17, 15) is 8.42 Å². The molecule has 1 aromatic heterocycles. The van der Waals surface area contributed by atoms with Crippen molar-refractivity contribution < 1.29 is 8.42 Å². The molecular formula is C13H16N4O2S2. The minimum Gasteiger partial charge on any atom is -0.366 e. The Hall–Kier alpha value is -1.80. The average Bonchev–Trinajstić information content (AvgIpc) is 2.89. The normalized spacial score (nSPS) is 12.5. The molecule has 8 heteroatoms. The van der Waals surface area contributed by atoms with E-state index in [2.05, 4.69) is 13.8 Å². The van der Waals surface area contributed by atoms with Gasteiger partial charge >= 0.3 is 10.0 Å². The number of hydrogen-bond acceptors (Lipinski definition) is 5. The maximum absolute atomic E-state index is 12.2. The zero-order valence-electron chi connectivity index (χ0n) is 12.2. The van der Waals surface area contributed by atoms with Gasteiger partial charge in [0.1, 0.15) is 5.84 Å². The number of rotatable bonds is 3. The molecule has 0 aliphatic rings. The van der Waals surface area contributed by atoms with Gasteiger partial charge in [-0.3, -0.25) is 0 Å². The molecule has 0 spiro atoms. The fourth-order valence-corrected chi connectivity index (χ4v) is 3.36. The van der Waals surface area contributed by atoms with E-state index in [1.54, 1.807) is 25.9 Å². The van der Waals surface area contributed by atoms with Crippen LogP contribution in [-0.4, -0.2) is 42.6 Å². The van der Waals surface area contributed by atoms with Crippen LogP contribution in [0.1, 0.15) is 12.5 Å². The van der Waals surface area contributed by atoms with Crippen molar-refractivity contribution >= 4 is 27.4 Å². The standard InChI is InChI=1S/C13H16N4O2S2/c1-9-7-5-6-8-11(9)12-14-13(20-15-12)21(18,19)16-10(2)17(3)4/h5-8H,1-4H3. The van der Waals surface area contributed by atoms with Crippen molar-refractivity contribution in [3.05, 3.63) is 29.8 Å². The van der Waals surface area contributed by atoms with Gasteiger partial charge < -0.3 is 4.90 Å². The highest BCUT2D eigenvalue weighted by Gasteiger charge is 2.21. The summed E-state index contributed by atoms with van der Waals surface area (Å²) in [7, 11) is -0.355. The molecule has 2 rings (SSSR count). The van der Waals surface area contributed by atoms with Crippen molar-refractivity contribution in [2.24, 2.45) is 4.40 Å². The third-order valence-corrected chi connectivity index (χ3v) is 5.32. The van der Waals surface area contributed by atoms with Gasteiger partial charge in [0, 0.05) is 31.2 Å². The molecule has 21 heavy (non-hydrogen) atoms. The average molecular weight is 324 g/mol. The van der Waals surface area contributed by atoms with E-state index in [-0.39, 0.29) is 4.34 Å². The Morgan fingerprint density at radius 2 is 1.95 bits per heavy atom. The van der Waals surface area contributed by atoms with Crippen molar-refractivity contribution in [1.29, 1.82) is 0 Å². The van der Waals surface area contributed by atoms with E-state index >= 15 is 0 Å². The monoisotopic (exact) mass is 324 g/mol. The van der Waals surface area contributed by atoms with E-state index < -0.39 is 10.0 Å². The molecule has 0 unspecified atom stereocenters. The molecule has 112 valence electrons. The lowest BCUT2D eigenvalue weighted by molar-refractivity contribution is 0.590. The number of aromatic nitrogens is 2. The molecule has 0 aliphatic heterocycles. The van der Waals surface area contributed by atoms with Crippen molar-refractivity contribution in [3.8, 4) is 11.4 Å². The molecule has 0 saturated heterocycles. The molecule has 1 aromatic carbocycles. The number of aryl methyl sites for hydroxylation is 1. The summed E-state index contributed by atoms with van der Waals surface area (Å²) in [4.78, 5) is 5.75. The molecular weight excluding hydrogens is 308 g/mol. The van der Waals surface area contributed by atoms with E-state index in [0.717, 1.165) is 22.7 Å². The lowest BCUT2D eigenvalue weighted by atomic mass is 10.1. The Labute approximate surface area is 128 Å². The van der Waals surface area contributed by atoms with Gasteiger partial charge in [-0.25, -0.2) is 4.98 Å². The molecule has 1 heterocycles. The van der Waals surface area contributed by atoms with Crippen LogP contribution < -0.4 is 0 Å². The molecule has 0 aliphatic carbocycles. The second-order valence-corrected chi connectivity index (χ2v) is 7.24. The molecule has 0 atom stereocenters. The van der Waals surface area contributed by atoms with E-state index in [4.69, 9.17) is 0 Å². The molecule has 0 bridgehead atoms. The second kappa shape index (κ2) is 5.90. The van der Waals surface area contributed by atoms with Gasteiger partial charge in [0.25, 0.3) is 4.34 Å². The van der Waals surface area contributed by atoms with Crippen LogP contribution in [0.4, 0.5) is 0 Å². The number of amidine groups is 1. The van der Waals surface area contributed by atoms with Crippen LogP contribution in [0.25, 0.3) is 11.4 Å². The Morgan fingerprint density at radius 3 is 2.57 bits per heavy atom. The maximum Gasteiger partial charge on any atom is 0.312 e. The van der Waals surface area contributed by atoms with Gasteiger partial charge in [0.2, 0.25) is 0 Å². The first kappa shape index (κ1) is 15.6. The topological polar surface area (TPSA) is 75.5 Å². The highest BCUT2D eigenvalue weighted by atomic mass is 32.2. The van der Waals surface area contributed by atoms with Gasteiger partial charge in [-0.15, -0.1) is 4.40 Å². The summed E-state index contributed by atoms with van der Waals surface area (Å²) in [6, 6.07) is 7.57. The lowest BCUT2D eigenvalue weighted by Gasteiger charge is -2.09. The smallest absolute Gasteiger partial charge is 0.312 e. The predicted molar refractivity (Wildman–Crippen MR) is 84.1 cm³/mol. The van der Waals surface area contributed by atoms with Crippen LogP contribution in [0.2, 0.25) is 0 Å². The third-order valence-electron chi connectivity index (χ3n) is 2.91. The van der Waals surface area contributed by atoms with E-state index in [1.165, 1.54) is 0 Å². The third kappa shape index (κ3) is 3.45. The van der Waals surface area contributed by atoms with Crippen LogP contribution in [0.15, 0.2) is 33.0 Å². The first-order valence-electron chi connectivity index (χ1n) is 6.20. The van der Waals surface area contributed by atoms with Crippen LogP contribution in [0.5, 0.6) is 0 Å². The zero-order chi connectivity index (χ0) is 15.6. The highest BCUT2D eigenvalue weighted by Crippen LogP contribution is 2.24. The summed E-state index contributed by atoms with van der Waals surface area (Å²) < 4.78 is 32.1.